The van der Waals surface area contributed by atoms with Crippen molar-refractivity contribution in [3.8, 4) is 17.2 Å². The number of nitrogens with zero attached hydrogens (tertiary/aromatic N) is 4. The second kappa shape index (κ2) is 36.4. The van der Waals surface area contributed by atoms with E-state index < -0.39 is 94.0 Å². The minimum Gasteiger partial charge on any atom is -0.497 e. The fraction of sp³-hybridized carbons (Fsp3) is 0.333. The second-order valence-corrected chi connectivity index (χ2v) is 36.6. The van der Waals surface area contributed by atoms with Crippen molar-refractivity contribution in [2.24, 2.45) is 5.92 Å². The highest BCUT2D eigenvalue weighted by molar-refractivity contribution is 7.89. The maximum Gasteiger partial charge on any atom is 0.573 e. The molecule has 5 aliphatic rings. The molecule has 2 amide bonds. The summed E-state index contributed by atoms with van der Waals surface area (Å²) < 4.78 is 266. The molecule has 123 heavy (non-hydrogen) atoms. The van der Waals surface area contributed by atoms with Crippen LogP contribution in [0, 0.1) is 18.7 Å². The number of para-hydroxylation sites is 1. The van der Waals surface area contributed by atoms with Crippen molar-refractivity contribution in [2.45, 2.75) is 129 Å². The summed E-state index contributed by atoms with van der Waals surface area (Å²) in [5.41, 5.74) is 7.23. The van der Waals surface area contributed by atoms with E-state index in [0.717, 1.165) is 98.8 Å². The third-order valence-corrected chi connectivity index (χ3v) is 29.0. The molecule has 4 aliphatic heterocycles. The lowest BCUT2D eigenvalue weighted by Gasteiger charge is -2.33. The third-order valence-electron chi connectivity index (χ3n) is 22.9. The van der Waals surface area contributed by atoms with Gasteiger partial charge in [0.25, 0.3) is 5.91 Å². The molecule has 3 aromatic heterocycles. The number of rotatable bonds is 15. The number of allylic oxidation sites excluding steroid dienone is 2. The lowest BCUT2D eigenvalue weighted by atomic mass is 9.85. The summed E-state index contributed by atoms with van der Waals surface area (Å²) in [5.74, 6) is -0.557. The van der Waals surface area contributed by atoms with Gasteiger partial charge in [-0.3, -0.25) is 9.59 Å². The molecule has 4 N–H and O–H groups in total. The Morgan fingerprint density at radius 1 is 0.480 bits per heavy atom. The van der Waals surface area contributed by atoms with Crippen LogP contribution in [0.4, 0.5) is 62.8 Å². The molecular formula is C87H84ClF13N8O11S3. The molecule has 0 atom stereocenters. The Morgan fingerprint density at radius 2 is 0.976 bits per heavy atom. The van der Waals surface area contributed by atoms with Crippen molar-refractivity contribution in [3.05, 3.63) is 249 Å². The van der Waals surface area contributed by atoms with Crippen LogP contribution in [0.1, 0.15) is 136 Å². The fourth-order valence-corrected chi connectivity index (χ4v) is 21.6. The van der Waals surface area contributed by atoms with Gasteiger partial charge in [-0.05, 0) is 237 Å². The Bertz CT molecular complexity index is 6120. The molecule has 7 heterocycles. The smallest absolute Gasteiger partial charge is 0.497 e. The summed E-state index contributed by atoms with van der Waals surface area (Å²) in [4.78, 5) is 33.7. The van der Waals surface area contributed by atoms with E-state index in [2.05, 4.69) is 62.3 Å². The number of likely N-dealkylation sites (tertiary alicyclic amines) is 1. The van der Waals surface area contributed by atoms with E-state index in [-0.39, 0.29) is 82.5 Å². The zero-order chi connectivity index (χ0) is 88.5. The molecule has 1 aliphatic carbocycles. The van der Waals surface area contributed by atoms with Gasteiger partial charge in [0, 0.05) is 122 Å². The molecule has 0 saturated carbocycles. The van der Waals surface area contributed by atoms with Crippen LogP contribution in [0.15, 0.2) is 197 Å². The minimum atomic E-state index is -5.13. The average Bonchev–Trinajstić information content (AvgIpc) is 1.31. The molecule has 0 radical (unpaired) electrons. The van der Waals surface area contributed by atoms with Gasteiger partial charge in [0.15, 0.2) is 0 Å². The van der Waals surface area contributed by atoms with Crippen LogP contribution < -0.4 is 19.5 Å². The van der Waals surface area contributed by atoms with Gasteiger partial charge in [0.2, 0.25) is 36.0 Å². The highest BCUT2D eigenvalue weighted by atomic mass is 35.5. The molecule has 0 spiro atoms. The van der Waals surface area contributed by atoms with Gasteiger partial charge >= 0.3 is 24.9 Å². The Hall–Kier alpha value is -10.4. The number of H-pyrrole nitrogens is 3. The van der Waals surface area contributed by atoms with E-state index in [4.69, 9.17) is 21.1 Å². The standard InChI is InChI=1S/C23H21F4NO.C22H20F6N2O3S.C21H22ClN3O3S.C21H21F3N2O4S/c1-14-3-2-4-19-17(14)6-7-18(19)15-9-11-28(12-10-15)22(29)16-5-8-21(24)20(13-16)23(25,26)27;1-33-15-3-5-19-16(11-15)17(12-29-19)13-6-8-30(9-7-13)34(31,32)20-10-14(21(23,24)25)2-4-18(20)22(26,27)28;1-14(26)24-21-7-6-16(12-19(21)22)29(27,28)25-10-8-15(9-11-25)18-13-23-20-5-3-2-4-17(18)20;1-29-15-5-6-20-18(12-15)19(13-25-20)14-7-9-26(10-8-14)31(27,28)17-4-2-3-16(11-17)30-21(22,23)24/h2-5,7-8,13,15H,6,9-12H2,1H3;2-5,10-13,29H,6-9H2,1H3;2-7,12-13,15,23H,8-11H2,1H3,(H,24,26);2-6,11-14,25H,7-10H2,1H3. The summed E-state index contributed by atoms with van der Waals surface area (Å²) in [6, 6.07) is 37.5. The van der Waals surface area contributed by atoms with Gasteiger partial charge in [-0.25, -0.2) is 29.6 Å². The second-order valence-electron chi connectivity index (χ2n) is 30.4. The molecule has 19 nitrogen and oxygen atoms in total. The summed E-state index contributed by atoms with van der Waals surface area (Å²) in [6.45, 7) is 5.63. The zero-order valence-corrected chi connectivity index (χ0v) is 69.7. The van der Waals surface area contributed by atoms with E-state index in [1.165, 1.54) is 86.2 Å². The number of carbonyl (C=O) groups is 2. The Balaban J connectivity index is 0.000000141. The number of sulfonamides is 3. The van der Waals surface area contributed by atoms with Crippen molar-refractivity contribution in [1.82, 2.24) is 32.8 Å². The van der Waals surface area contributed by atoms with E-state index in [1.807, 2.05) is 60.9 Å². The van der Waals surface area contributed by atoms with E-state index >= 15 is 0 Å². The van der Waals surface area contributed by atoms with Gasteiger partial charge in [-0.2, -0.15) is 52.4 Å². The lowest BCUT2D eigenvalue weighted by molar-refractivity contribution is -0.274. The van der Waals surface area contributed by atoms with Crippen LogP contribution in [0.2, 0.25) is 5.02 Å². The predicted molar refractivity (Wildman–Crippen MR) is 438 cm³/mol. The number of halogens is 14. The quantitative estimate of drug-likeness (QED) is 0.0704. The Morgan fingerprint density at radius 3 is 1.48 bits per heavy atom. The summed E-state index contributed by atoms with van der Waals surface area (Å²) in [7, 11) is -9.25. The number of aromatic nitrogens is 3. The number of hydrogen-bond acceptors (Lipinski definition) is 11. The molecule has 4 saturated heterocycles. The number of aromatic amines is 3. The van der Waals surface area contributed by atoms with Crippen molar-refractivity contribution in [1.29, 1.82) is 0 Å². The van der Waals surface area contributed by atoms with Crippen LogP contribution in [-0.4, -0.2) is 143 Å². The number of amides is 2. The van der Waals surface area contributed by atoms with Crippen molar-refractivity contribution in [3.63, 3.8) is 0 Å². The normalized spacial score (nSPS) is 16.7. The first-order valence-corrected chi connectivity index (χ1v) is 43.8. The van der Waals surface area contributed by atoms with Crippen molar-refractivity contribution < 1.29 is 106 Å². The van der Waals surface area contributed by atoms with Gasteiger partial charge in [-0.1, -0.05) is 60.1 Å². The van der Waals surface area contributed by atoms with Crippen LogP contribution >= 0.6 is 11.6 Å². The van der Waals surface area contributed by atoms with Gasteiger partial charge in [0.05, 0.1) is 56.3 Å². The van der Waals surface area contributed by atoms with Gasteiger partial charge < -0.3 is 39.4 Å². The molecule has 11 aromatic rings. The number of alkyl halides is 12. The Kier molecular flexibility index (Phi) is 26.7. The maximum atomic E-state index is 13.5. The Labute approximate surface area is 705 Å². The molecule has 0 bridgehead atoms. The van der Waals surface area contributed by atoms with Gasteiger partial charge in [-0.15, -0.1) is 13.2 Å². The number of aryl methyl sites for hydroxylation is 1. The molecular weight excluding hydrogens is 1710 g/mol. The summed E-state index contributed by atoms with van der Waals surface area (Å²) in [6.07, 6.45) is -6.03. The molecule has 0 unspecified atom stereocenters. The largest absolute Gasteiger partial charge is 0.573 e. The van der Waals surface area contributed by atoms with E-state index in [1.54, 1.807) is 24.3 Å². The lowest BCUT2D eigenvalue weighted by Crippen LogP contribution is -2.38. The van der Waals surface area contributed by atoms with Crippen molar-refractivity contribution in [2.75, 3.05) is 71.9 Å². The number of ether oxygens (including phenoxy) is 3. The number of piperidine rings is 4. The van der Waals surface area contributed by atoms with E-state index in [0.29, 0.717) is 87.3 Å². The van der Waals surface area contributed by atoms with E-state index in [9.17, 15) is 91.9 Å². The molecule has 36 heteroatoms. The van der Waals surface area contributed by atoms with Crippen LogP contribution in [0.3, 0.4) is 0 Å². The van der Waals surface area contributed by atoms with Crippen LogP contribution in [0.25, 0.3) is 38.3 Å². The SMILES string of the molecule is CC(=O)Nc1ccc(S(=O)(=O)N2CCC(c3c[nH]c4ccccc34)CC2)cc1Cl.COc1ccc2[nH]cc(C3CCN(S(=O)(=O)c4cc(C(F)(F)F)ccc4C(F)(F)F)CC3)c2c1.COc1ccc2[nH]cc(C3CCN(S(=O)(=O)c4cccc(OC(F)(F)F)c4)CC3)c2c1.Cc1cccc2c1CC=C2C1CCN(C(=O)c2ccc(F)c(C(F)(F)F)c2)CC1. The highest BCUT2D eigenvalue weighted by Gasteiger charge is 2.44. The first-order chi connectivity index (χ1) is 58.1. The number of fused-ring (bicyclic) bond motifs is 4. The molecule has 654 valence electrons. The number of anilines is 1. The maximum absolute atomic E-state index is 13.5. The first kappa shape index (κ1) is 90.3. The zero-order valence-electron chi connectivity index (χ0n) is 66.4. The number of nitrogens with one attached hydrogen (secondary N) is 4. The monoisotopic (exact) mass is 1790 g/mol. The van der Waals surface area contributed by atoms with Gasteiger partial charge in [0.1, 0.15) is 23.1 Å². The molecule has 4 fully saturated rings. The third kappa shape index (κ3) is 20.3. The number of carbonyl (C=O) groups excluding carboxylic acids is 2. The number of methoxy groups -OCH3 is 2. The average molecular weight is 1800 g/mol. The highest BCUT2D eigenvalue weighted by Crippen LogP contribution is 2.46. The minimum absolute atomic E-state index is 0.0657. The first-order valence-electron chi connectivity index (χ1n) is 39.1. The van der Waals surface area contributed by atoms with Crippen LogP contribution in [-0.2, 0) is 59.8 Å². The molecule has 8 aromatic carbocycles. The predicted octanol–water partition coefficient (Wildman–Crippen LogP) is 20.4. The fourth-order valence-electron chi connectivity index (χ4n) is 16.6. The molecule has 16 rings (SSSR count). The number of benzene rings is 8. The van der Waals surface area contributed by atoms with Crippen LogP contribution in [0.5, 0.6) is 17.2 Å². The summed E-state index contributed by atoms with van der Waals surface area (Å²) in [5, 5.41) is 5.92. The van der Waals surface area contributed by atoms with Crippen molar-refractivity contribution >= 4 is 97.5 Å². The topological polar surface area (TPSA) is 237 Å². The number of hydrogen-bond donors (Lipinski definition) is 4. The summed E-state index contributed by atoms with van der Waals surface area (Å²) >= 11 is 6.16.